The van der Waals surface area contributed by atoms with Gasteiger partial charge in [-0.1, -0.05) is 36.4 Å². The van der Waals surface area contributed by atoms with Crippen LogP contribution in [0.15, 0.2) is 71.8 Å². The SMILES string of the molecule is Cl.O=c1c(-c2c(-c3ccccc3)nn3ccccc23)ccnn1CCN1CCOCC1. The maximum absolute atomic E-state index is 13.4. The smallest absolute Gasteiger partial charge is 0.274 e. The molecule has 0 saturated carbocycles. The van der Waals surface area contributed by atoms with E-state index in [1.165, 1.54) is 0 Å². The molecule has 4 aromatic rings. The van der Waals surface area contributed by atoms with Crippen LogP contribution in [0.25, 0.3) is 27.9 Å². The van der Waals surface area contributed by atoms with E-state index in [9.17, 15) is 4.79 Å². The minimum atomic E-state index is -0.0957. The minimum Gasteiger partial charge on any atom is -0.379 e. The van der Waals surface area contributed by atoms with Gasteiger partial charge in [-0.3, -0.25) is 9.69 Å². The number of hydrogen-bond donors (Lipinski definition) is 0. The van der Waals surface area contributed by atoms with Crippen molar-refractivity contribution in [2.45, 2.75) is 6.54 Å². The van der Waals surface area contributed by atoms with Crippen LogP contribution in [0.5, 0.6) is 0 Å². The quantitative estimate of drug-likeness (QED) is 0.480. The maximum Gasteiger partial charge on any atom is 0.274 e. The lowest BCUT2D eigenvalue weighted by Crippen LogP contribution is -2.39. The Kier molecular flexibility index (Phi) is 6.46. The highest BCUT2D eigenvalue weighted by Gasteiger charge is 2.20. The van der Waals surface area contributed by atoms with E-state index in [1.54, 1.807) is 16.9 Å². The first-order valence-corrected chi connectivity index (χ1v) is 10.2. The molecule has 1 aromatic carbocycles. The average Bonchev–Trinajstić information content (AvgIpc) is 3.19. The number of fused-ring (bicyclic) bond motifs is 1. The van der Waals surface area contributed by atoms with E-state index in [-0.39, 0.29) is 18.0 Å². The van der Waals surface area contributed by atoms with Crippen LogP contribution in [0, 0.1) is 0 Å². The Morgan fingerprint density at radius 1 is 0.935 bits per heavy atom. The van der Waals surface area contributed by atoms with Crippen molar-refractivity contribution in [1.82, 2.24) is 24.3 Å². The number of morpholine rings is 1. The fourth-order valence-electron chi connectivity index (χ4n) is 3.92. The van der Waals surface area contributed by atoms with E-state index in [1.807, 2.05) is 59.2 Å². The maximum atomic E-state index is 13.4. The van der Waals surface area contributed by atoms with Crippen molar-refractivity contribution in [2.24, 2.45) is 0 Å². The summed E-state index contributed by atoms with van der Waals surface area (Å²) in [4.78, 5) is 15.7. The van der Waals surface area contributed by atoms with Crippen LogP contribution >= 0.6 is 12.4 Å². The third-order valence-electron chi connectivity index (χ3n) is 5.50. The summed E-state index contributed by atoms with van der Waals surface area (Å²) in [5.74, 6) is 0. The van der Waals surface area contributed by atoms with E-state index < -0.39 is 0 Å². The molecule has 1 saturated heterocycles. The fraction of sp³-hybridized carbons (Fsp3) is 0.261. The van der Waals surface area contributed by atoms with Gasteiger partial charge in [0.25, 0.3) is 5.56 Å². The molecule has 4 heterocycles. The molecular formula is C23H24ClN5O2. The number of benzene rings is 1. The number of aromatic nitrogens is 4. The summed E-state index contributed by atoms with van der Waals surface area (Å²) in [6.45, 7) is 4.59. The Labute approximate surface area is 186 Å². The normalized spacial score (nSPS) is 14.5. The summed E-state index contributed by atoms with van der Waals surface area (Å²) < 4.78 is 8.80. The van der Waals surface area contributed by atoms with E-state index >= 15 is 0 Å². The zero-order valence-corrected chi connectivity index (χ0v) is 17.9. The summed E-state index contributed by atoms with van der Waals surface area (Å²) in [7, 11) is 0. The van der Waals surface area contributed by atoms with Crippen molar-refractivity contribution in [3.8, 4) is 22.4 Å². The van der Waals surface area contributed by atoms with Gasteiger partial charge in [0.05, 0.1) is 30.8 Å². The van der Waals surface area contributed by atoms with Gasteiger partial charge in [0.1, 0.15) is 5.69 Å². The lowest BCUT2D eigenvalue weighted by Gasteiger charge is -2.26. The topological polar surface area (TPSA) is 64.7 Å². The number of rotatable bonds is 5. The number of ether oxygens (including phenoxy) is 1. The lowest BCUT2D eigenvalue weighted by molar-refractivity contribution is 0.0358. The number of pyridine rings is 1. The summed E-state index contributed by atoms with van der Waals surface area (Å²) in [5, 5.41) is 9.11. The highest BCUT2D eigenvalue weighted by atomic mass is 35.5. The summed E-state index contributed by atoms with van der Waals surface area (Å²) in [6.07, 6.45) is 3.61. The summed E-state index contributed by atoms with van der Waals surface area (Å²) in [6, 6.07) is 17.7. The summed E-state index contributed by atoms with van der Waals surface area (Å²) in [5.41, 5.74) is 4.04. The Balaban J connectivity index is 0.00000231. The van der Waals surface area contributed by atoms with Crippen LogP contribution in [0.4, 0.5) is 0 Å². The van der Waals surface area contributed by atoms with Crippen LogP contribution in [-0.4, -0.2) is 57.1 Å². The second-order valence-corrected chi connectivity index (χ2v) is 7.35. The van der Waals surface area contributed by atoms with Gasteiger partial charge in [0, 0.05) is 43.2 Å². The zero-order valence-electron chi connectivity index (χ0n) is 17.1. The van der Waals surface area contributed by atoms with E-state index in [4.69, 9.17) is 9.84 Å². The summed E-state index contributed by atoms with van der Waals surface area (Å²) >= 11 is 0. The van der Waals surface area contributed by atoms with Crippen molar-refractivity contribution in [3.63, 3.8) is 0 Å². The second kappa shape index (κ2) is 9.43. The van der Waals surface area contributed by atoms with Crippen molar-refractivity contribution in [3.05, 3.63) is 77.3 Å². The first-order chi connectivity index (χ1) is 14.8. The molecule has 160 valence electrons. The van der Waals surface area contributed by atoms with Gasteiger partial charge in [-0.2, -0.15) is 10.2 Å². The van der Waals surface area contributed by atoms with Gasteiger partial charge >= 0.3 is 0 Å². The van der Waals surface area contributed by atoms with Gasteiger partial charge in [0.15, 0.2) is 0 Å². The third kappa shape index (κ3) is 4.25. The van der Waals surface area contributed by atoms with Crippen LogP contribution in [0.3, 0.4) is 0 Å². The Hall–Kier alpha value is -3.00. The molecule has 31 heavy (non-hydrogen) atoms. The van der Waals surface area contributed by atoms with Gasteiger partial charge in [0.2, 0.25) is 0 Å². The number of hydrogen-bond acceptors (Lipinski definition) is 5. The molecule has 0 N–H and O–H groups in total. The van der Waals surface area contributed by atoms with E-state index in [2.05, 4.69) is 10.00 Å². The van der Waals surface area contributed by atoms with Crippen LogP contribution < -0.4 is 5.56 Å². The lowest BCUT2D eigenvalue weighted by atomic mass is 10.0. The molecule has 0 unspecified atom stereocenters. The Bertz CT molecular complexity index is 1220. The molecule has 1 fully saturated rings. The first kappa shape index (κ1) is 21.2. The molecule has 0 bridgehead atoms. The van der Waals surface area contributed by atoms with Crippen molar-refractivity contribution in [2.75, 3.05) is 32.8 Å². The number of halogens is 1. The fourth-order valence-corrected chi connectivity index (χ4v) is 3.92. The molecule has 7 nitrogen and oxygen atoms in total. The van der Waals surface area contributed by atoms with Gasteiger partial charge in [-0.15, -0.1) is 12.4 Å². The van der Waals surface area contributed by atoms with E-state index in [0.29, 0.717) is 12.1 Å². The molecule has 0 aliphatic carbocycles. The van der Waals surface area contributed by atoms with Crippen LogP contribution in [0.2, 0.25) is 0 Å². The van der Waals surface area contributed by atoms with Crippen molar-refractivity contribution >= 4 is 17.9 Å². The minimum absolute atomic E-state index is 0. The second-order valence-electron chi connectivity index (χ2n) is 7.35. The van der Waals surface area contributed by atoms with E-state index in [0.717, 1.165) is 55.2 Å². The van der Waals surface area contributed by atoms with Gasteiger partial charge < -0.3 is 4.74 Å². The van der Waals surface area contributed by atoms with Crippen LogP contribution in [0.1, 0.15) is 0 Å². The van der Waals surface area contributed by atoms with Gasteiger partial charge in [-0.05, 0) is 18.2 Å². The predicted molar refractivity (Wildman–Crippen MR) is 123 cm³/mol. The molecule has 8 heteroatoms. The standard InChI is InChI=1S/C23H23N5O2.ClH/c29-23-19(9-10-24-28(23)13-12-26-14-16-30-17-15-26)21-20-8-4-5-11-27(20)25-22(21)18-6-2-1-3-7-18;/h1-11H,12-17H2;1H. The molecule has 0 atom stereocenters. The first-order valence-electron chi connectivity index (χ1n) is 10.2. The Morgan fingerprint density at radius 3 is 2.52 bits per heavy atom. The number of nitrogens with zero attached hydrogens (tertiary/aromatic N) is 5. The molecule has 5 rings (SSSR count). The van der Waals surface area contributed by atoms with Gasteiger partial charge in [-0.25, -0.2) is 9.20 Å². The molecule has 1 aliphatic heterocycles. The van der Waals surface area contributed by atoms with Crippen molar-refractivity contribution in [1.29, 1.82) is 0 Å². The molecule has 3 aromatic heterocycles. The van der Waals surface area contributed by atoms with Crippen molar-refractivity contribution < 1.29 is 4.74 Å². The Morgan fingerprint density at radius 2 is 1.71 bits per heavy atom. The third-order valence-corrected chi connectivity index (χ3v) is 5.50. The predicted octanol–water partition coefficient (Wildman–Crippen LogP) is 2.98. The van der Waals surface area contributed by atoms with Crippen LogP contribution in [-0.2, 0) is 11.3 Å². The average molecular weight is 438 g/mol. The highest BCUT2D eigenvalue weighted by molar-refractivity contribution is 5.91. The molecular weight excluding hydrogens is 414 g/mol. The highest BCUT2D eigenvalue weighted by Crippen LogP contribution is 2.33. The monoisotopic (exact) mass is 437 g/mol. The molecule has 0 radical (unpaired) electrons. The molecule has 1 aliphatic rings. The largest absolute Gasteiger partial charge is 0.379 e. The molecule has 0 amide bonds. The zero-order chi connectivity index (χ0) is 20.3. The molecule has 0 spiro atoms.